The first kappa shape index (κ1) is 16.6. The van der Waals surface area contributed by atoms with Gasteiger partial charge in [-0.1, -0.05) is 0 Å². The van der Waals surface area contributed by atoms with Gasteiger partial charge in [0.25, 0.3) is 5.91 Å². The summed E-state index contributed by atoms with van der Waals surface area (Å²) in [6, 6.07) is 6.90. The van der Waals surface area contributed by atoms with Gasteiger partial charge in [0.2, 0.25) is 5.75 Å². The van der Waals surface area contributed by atoms with Gasteiger partial charge in [0, 0.05) is 23.7 Å². The molecule has 0 atom stereocenters. The second-order valence-electron chi connectivity index (χ2n) is 5.36. The van der Waals surface area contributed by atoms with Crippen LogP contribution in [0.4, 0.5) is 5.69 Å². The lowest BCUT2D eigenvalue weighted by atomic mass is 10.1. The van der Waals surface area contributed by atoms with Crippen molar-refractivity contribution in [3.8, 4) is 17.2 Å². The van der Waals surface area contributed by atoms with Gasteiger partial charge in [-0.25, -0.2) is 4.98 Å². The predicted molar refractivity (Wildman–Crippen MR) is 94.0 cm³/mol. The number of rotatable bonds is 5. The van der Waals surface area contributed by atoms with Crippen molar-refractivity contribution in [2.45, 2.75) is 6.92 Å². The summed E-state index contributed by atoms with van der Waals surface area (Å²) in [5.74, 6) is 1.02. The van der Waals surface area contributed by atoms with Gasteiger partial charge >= 0.3 is 0 Å². The van der Waals surface area contributed by atoms with Gasteiger partial charge in [-0.2, -0.15) is 0 Å². The van der Waals surface area contributed by atoms with E-state index >= 15 is 0 Å². The van der Waals surface area contributed by atoms with Gasteiger partial charge < -0.3 is 23.9 Å². The van der Waals surface area contributed by atoms with Crippen LogP contribution in [0, 0.1) is 6.92 Å². The van der Waals surface area contributed by atoms with Crippen molar-refractivity contribution in [3.63, 3.8) is 0 Å². The van der Waals surface area contributed by atoms with Crippen molar-refractivity contribution < 1.29 is 19.0 Å². The standard InChI is InChI=1S/C18H19N3O4/c1-11-13(5-6-16-19-7-8-21(11)16)20-18(22)12-9-14(23-2)17(25-4)15(10-12)24-3/h5-10H,1-4H3,(H,20,22). The lowest BCUT2D eigenvalue weighted by Gasteiger charge is -2.15. The van der Waals surface area contributed by atoms with E-state index in [1.165, 1.54) is 21.3 Å². The molecule has 0 aliphatic heterocycles. The van der Waals surface area contributed by atoms with Crippen LogP contribution in [0.25, 0.3) is 5.65 Å². The first-order valence-electron chi connectivity index (χ1n) is 7.63. The molecule has 3 rings (SSSR count). The molecule has 0 unspecified atom stereocenters. The molecule has 7 nitrogen and oxygen atoms in total. The van der Waals surface area contributed by atoms with Gasteiger partial charge in [-0.05, 0) is 31.2 Å². The highest BCUT2D eigenvalue weighted by atomic mass is 16.5. The maximum absolute atomic E-state index is 12.7. The van der Waals surface area contributed by atoms with Crippen molar-refractivity contribution in [3.05, 3.63) is 47.9 Å². The number of imidazole rings is 1. The number of carbonyl (C=O) groups is 1. The molecule has 1 aromatic carbocycles. The summed E-state index contributed by atoms with van der Waals surface area (Å²) in [6.45, 7) is 1.92. The number of pyridine rings is 1. The largest absolute Gasteiger partial charge is 0.493 e. The normalized spacial score (nSPS) is 10.6. The highest BCUT2D eigenvalue weighted by molar-refractivity contribution is 6.05. The molecule has 130 valence electrons. The number of aryl methyl sites for hydroxylation is 1. The second kappa shape index (κ2) is 6.72. The van der Waals surface area contributed by atoms with Crippen LogP contribution >= 0.6 is 0 Å². The smallest absolute Gasteiger partial charge is 0.255 e. The van der Waals surface area contributed by atoms with E-state index in [0.29, 0.717) is 28.5 Å². The molecule has 2 heterocycles. The molecular weight excluding hydrogens is 322 g/mol. The Morgan fingerprint density at radius 1 is 1.08 bits per heavy atom. The summed E-state index contributed by atoms with van der Waals surface area (Å²) in [5, 5.41) is 2.91. The number of nitrogens with one attached hydrogen (secondary N) is 1. The number of hydrogen-bond acceptors (Lipinski definition) is 5. The number of amides is 1. The third-order valence-corrected chi connectivity index (χ3v) is 3.99. The maximum atomic E-state index is 12.7. The van der Waals surface area contributed by atoms with E-state index in [1.54, 1.807) is 18.3 Å². The predicted octanol–water partition coefficient (Wildman–Crippen LogP) is 2.92. The van der Waals surface area contributed by atoms with Gasteiger partial charge in [-0.3, -0.25) is 4.79 Å². The Morgan fingerprint density at radius 2 is 1.76 bits per heavy atom. The van der Waals surface area contributed by atoms with E-state index in [9.17, 15) is 4.79 Å². The number of nitrogens with zero attached hydrogens (tertiary/aromatic N) is 2. The summed E-state index contributed by atoms with van der Waals surface area (Å²) in [7, 11) is 4.54. The molecule has 0 aliphatic rings. The van der Waals surface area contributed by atoms with Crippen LogP contribution in [0.5, 0.6) is 17.2 Å². The van der Waals surface area contributed by atoms with E-state index in [-0.39, 0.29) is 5.91 Å². The Bertz CT molecular complexity index is 908. The Morgan fingerprint density at radius 3 is 2.36 bits per heavy atom. The molecule has 0 radical (unpaired) electrons. The minimum Gasteiger partial charge on any atom is -0.493 e. The Hall–Kier alpha value is -3.22. The number of fused-ring (bicyclic) bond motifs is 1. The van der Waals surface area contributed by atoms with Gasteiger partial charge in [0.15, 0.2) is 11.5 Å². The summed E-state index contributed by atoms with van der Waals surface area (Å²) in [4.78, 5) is 16.9. The zero-order valence-electron chi connectivity index (χ0n) is 14.5. The number of ether oxygens (including phenoxy) is 3. The van der Waals surface area contributed by atoms with Crippen LogP contribution in [-0.4, -0.2) is 36.6 Å². The van der Waals surface area contributed by atoms with Crippen LogP contribution < -0.4 is 19.5 Å². The highest BCUT2D eigenvalue weighted by Gasteiger charge is 2.18. The van der Waals surface area contributed by atoms with Crippen molar-refractivity contribution >= 4 is 17.2 Å². The molecule has 0 aliphatic carbocycles. The molecule has 2 aromatic heterocycles. The lowest BCUT2D eigenvalue weighted by Crippen LogP contribution is -2.14. The number of methoxy groups -OCH3 is 3. The molecular formula is C18H19N3O4. The van der Waals surface area contributed by atoms with Crippen LogP contribution in [0.2, 0.25) is 0 Å². The second-order valence-corrected chi connectivity index (χ2v) is 5.36. The van der Waals surface area contributed by atoms with Gasteiger partial charge in [-0.15, -0.1) is 0 Å². The fourth-order valence-electron chi connectivity index (χ4n) is 2.67. The fraction of sp³-hybridized carbons (Fsp3) is 0.222. The molecule has 0 saturated heterocycles. The van der Waals surface area contributed by atoms with Gasteiger partial charge in [0.1, 0.15) is 5.65 Å². The van der Waals surface area contributed by atoms with Crippen molar-refractivity contribution in [2.24, 2.45) is 0 Å². The zero-order chi connectivity index (χ0) is 18.0. The van der Waals surface area contributed by atoms with Crippen LogP contribution in [0.3, 0.4) is 0 Å². The molecule has 0 bridgehead atoms. The summed E-state index contributed by atoms with van der Waals surface area (Å²) < 4.78 is 17.8. The molecule has 1 amide bonds. The molecule has 0 spiro atoms. The summed E-state index contributed by atoms with van der Waals surface area (Å²) in [6.07, 6.45) is 3.56. The average Bonchev–Trinajstić information content (AvgIpc) is 3.12. The SMILES string of the molecule is COc1cc(C(=O)Nc2ccc3nccn3c2C)cc(OC)c1OC. The van der Waals surface area contributed by atoms with E-state index in [1.807, 2.05) is 29.7 Å². The molecule has 0 fully saturated rings. The molecule has 3 aromatic rings. The van der Waals surface area contributed by atoms with E-state index in [0.717, 1.165) is 11.3 Å². The first-order chi connectivity index (χ1) is 12.1. The average molecular weight is 341 g/mol. The summed E-state index contributed by atoms with van der Waals surface area (Å²) >= 11 is 0. The number of anilines is 1. The Kier molecular flexibility index (Phi) is 4.47. The van der Waals surface area contributed by atoms with Gasteiger partial charge in [0.05, 0.1) is 27.0 Å². The molecule has 0 saturated carbocycles. The monoisotopic (exact) mass is 341 g/mol. The first-order valence-corrected chi connectivity index (χ1v) is 7.63. The van der Waals surface area contributed by atoms with E-state index in [4.69, 9.17) is 14.2 Å². The number of aromatic nitrogens is 2. The minimum atomic E-state index is -0.276. The Labute approximate surface area is 145 Å². The topological polar surface area (TPSA) is 74.1 Å². The van der Waals surface area contributed by atoms with Crippen LogP contribution in [0.15, 0.2) is 36.7 Å². The number of carbonyl (C=O) groups excluding carboxylic acids is 1. The van der Waals surface area contributed by atoms with Crippen molar-refractivity contribution in [2.75, 3.05) is 26.6 Å². The Balaban J connectivity index is 1.96. The lowest BCUT2D eigenvalue weighted by molar-refractivity contribution is 0.102. The maximum Gasteiger partial charge on any atom is 0.255 e. The quantitative estimate of drug-likeness (QED) is 0.772. The fourth-order valence-corrected chi connectivity index (χ4v) is 2.67. The third kappa shape index (κ3) is 2.96. The third-order valence-electron chi connectivity index (χ3n) is 3.99. The zero-order valence-corrected chi connectivity index (χ0v) is 14.5. The van der Waals surface area contributed by atoms with Crippen LogP contribution in [-0.2, 0) is 0 Å². The number of benzene rings is 1. The van der Waals surface area contributed by atoms with Crippen LogP contribution in [0.1, 0.15) is 16.1 Å². The highest BCUT2D eigenvalue weighted by Crippen LogP contribution is 2.38. The van der Waals surface area contributed by atoms with E-state index in [2.05, 4.69) is 10.3 Å². The number of hydrogen-bond donors (Lipinski definition) is 1. The summed E-state index contributed by atoms with van der Waals surface area (Å²) in [5.41, 5.74) is 2.81. The molecule has 25 heavy (non-hydrogen) atoms. The van der Waals surface area contributed by atoms with Crippen molar-refractivity contribution in [1.29, 1.82) is 0 Å². The molecule has 1 N–H and O–H groups in total. The minimum absolute atomic E-state index is 0.276. The van der Waals surface area contributed by atoms with Crippen molar-refractivity contribution in [1.82, 2.24) is 9.38 Å². The molecule has 7 heteroatoms. The van der Waals surface area contributed by atoms with E-state index < -0.39 is 0 Å².